The molecule has 1 amide bonds. The largest absolute Gasteiger partial charge is 0.507 e. The molecular weight excluding hydrogens is 308 g/mol. The van der Waals surface area contributed by atoms with Crippen molar-refractivity contribution in [2.24, 2.45) is 5.10 Å². The number of amides is 1. The van der Waals surface area contributed by atoms with Crippen LogP contribution in [0.25, 0.3) is 0 Å². The molecule has 0 aliphatic carbocycles. The summed E-state index contributed by atoms with van der Waals surface area (Å²) in [5.74, 6) is 0.728. The van der Waals surface area contributed by atoms with E-state index in [9.17, 15) is 9.90 Å². The lowest BCUT2D eigenvalue weighted by molar-refractivity contribution is 0.0954. The third-order valence-corrected chi connectivity index (χ3v) is 3.48. The van der Waals surface area contributed by atoms with Gasteiger partial charge in [0.1, 0.15) is 17.2 Å². The van der Waals surface area contributed by atoms with Crippen molar-refractivity contribution in [3.05, 3.63) is 53.1 Å². The first-order valence-corrected chi connectivity index (χ1v) is 7.32. The fourth-order valence-corrected chi connectivity index (χ4v) is 2.14. The molecule has 0 unspecified atom stereocenters. The monoisotopic (exact) mass is 328 g/mol. The molecule has 0 saturated carbocycles. The van der Waals surface area contributed by atoms with Gasteiger partial charge in [-0.25, -0.2) is 5.43 Å². The molecule has 0 heterocycles. The molecule has 6 nitrogen and oxygen atoms in total. The lowest BCUT2D eigenvalue weighted by Crippen LogP contribution is -2.19. The molecule has 2 aromatic rings. The summed E-state index contributed by atoms with van der Waals surface area (Å²) in [5.41, 5.74) is 4.89. The summed E-state index contributed by atoms with van der Waals surface area (Å²) in [7, 11) is 3.03. The number of carbonyl (C=O) groups is 1. The van der Waals surface area contributed by atoms with Crippen LogP contribution in [0.4, 0.5) is 0 Å². The first kappa shape index (κ1) is 17.3. The number of hydrogen-bond acceptors (Lipinski definition) is 5. The molecule has 0 spiro atoms. The van der Waals surface area contributed by atoms with Crippen molar-refractivity contribution in [2.75, 3.05) is 14.2 Å². The van der Waals surface area contributed by atoms with E-state index in [1.54, 1.807) is 43.3 Å². The van der Waals surface area contributed by atoms with Gasteiger partial charge in [0, 0.05) is 17.2 Å². The third-order valence-electron chi connectivity index (χ3n) is 3.48. The Morgan fingerprint density at radius 2 is 1.71 bits per heavy atom. The molecule has 0 aliphatic rings. The van der Waals surface area contributed by atoms with E-state index in [1.165, 1.54) is 14.2 Å². The quantitative estimate of drug-likeness (QED) is 0.653. The Bertz CT molecular complexity index is 762. The summed E-state index contributed by atoms with van der Waals surface area (Å²) in [5, 5.41) is 14.0. The smallest absolute Gasteiger partial charge is 0.271 e. The number of nitrogens with one attached hydrogen (secondary N) is 1. The van der Waals surface area contributed by atoms with Crippen LogP contribution >= 0.6 is 0 Å². The highest BCUT2D eigenvalue weighted by atomic mass is 16.5. The van der Waals surface area contributed by atoms with Crippen molar-refractivity contribution < 1.29 is 19.4 Å². The maximum Gasteiger partial charge on any atom is 0.271 e. The molecule has 0 radical (unpaired) electrons. The number of hydrogen-bond donors (Lipinski definition) is 2. The van der Waals surface area contributed by atoms with Crippen molar-refractivity contribution in [3.63, 3.8) is 0 Å². The van der Waals surface area contributed by atoms with E-state index in [2.05, 4.69) is 10.5 Å². The van der Waals surface area contributed by atoms with Crippen molar-refractivity contribution in [3.8, 4) is 17.2 Å². The van der Waals surface area contributed by atoms with Crippen molar-refractivity contribution in [2.45, 2.75) is 13.8 Å². The Kier molecular flexibility index (Phi) is 5.42. The number of aromatic hydroxyl groups is 1. The van der Waals surface area contributed by atoms with Gasteiger partial charge in [-0.15, -0.1) is 0 Å². The maximum atomic E-state index is 12.3. The summed E-state index contributed by atoms with van der Waals surface area (Å²) >= 11 is 0. The number of ether oxygens (including phenoxy) is 2. The van der Waals surface area contributed by atoms with Crippen LogP contribution in [0.3, 0.4) is 0 Å². The summed E-state index contributed by atoms with van der Waals surface area (Å²) in [6.45, 7) is 3.62. The lowest BCUT2D eigenvalue weighted by Gasteiger charge is -2.08. The topological polar surface area (TPSA) is 80.2 Å². The second kappa shape index (κ2) is 7.50. The van der Waals surface area contributed by atoms with Crippen LogP contribution in [0.5, 0.6) is 17.2 Å². The molecule has 0 aliphatic heterocycles. The highest BCUT2D eigenvalue weighted by Gasteiger charge is 2.10. The van der Waals surface area contributed by atoms with E-state index < -0.39 is 5.91 Å². The van der Waals surface area contributed by atoms with Gasteiger partial charge < -0.3 is 14.6 Å². The van der Waals surface area contributed by atoms with Crippen LogP contribution < -0.4 is 14.9 Å². The van der Waals surface area contributed by atoms with E-state index >= 15 is 0 Å². The first-order valence-electron chi connectivity index (χ1n) is 7.32. The Labute approximate surface area is 140 Å². The molecule has 0 bridgehead atoms. The number of carbonyl (C=O) groups excluding carboxylic acids is 1. The van der Waals surface area contributed by atoms with Crippen LogP contribution in [0.1, 0.15) is 28.4 Å². The Hall–Kier alpha value is -3.02. The molecule has 0 saturated heterocycles. The first-order chi connectivity index (χ1) is 11.4. The molecule has 0 atom stereocenters. The minimum atomic E-state index is -0.404. The number of rotatable bonds is 5. The van der Waals surface area contributed by atoms with Gasteiger partial charge >= 0.3 is 0 Å². The average Bonchev–Trinajstić information content (AvgIpc) is 2.60. The molecule has 2 N–H and O–H groups in total. The van der Waals surface area contributed by atoms with Gasteiger partial charge in [0.15, 0.2) is 0 Å². The molecule has 2 rings (SSSR count). The predicted octanol–water partition coefficient (Wildman–Crippen LogP) is 2.87. The van der Waals surface area contributed by atoms with Crippen molar-refractivity contribution in [1.82, 2.24) is 5.43 Å². The summed E-state index contributed by atoms with van der Waals surface area (Å²) in [6, 6.07) is 10.1. The zero-order valence-corrected chi connectivity index (χ0v) is 14.1. The third kappa shape index (κ3) is 4.04. The van der Waals surface area contributed by atoms with E-state index in [0.29, 0.717) is 28.3 Å². The van der Waals surface area contributed by atoms with E-state index in [4.69, 9.17) is 9.47 Å². The average molecular weight is 328 g/mol. The maximum absolute atomic E-state index is 12.3. The number of phenols is 1. The molecule has 6 heteroatoms. The minimum absolute atomic E-state index is 0.110. The van der Waals surface area contributed by atoms with Gasteiger partial charge in [-0.3, -0.25) is 4.79 Å². The van der Waals surface area contributed by atoms with Crippen LogP contribution in [-0.4, -0.2) is 30.9 Å². The normalized spacial score (nSPS) is 11.1. The number of phenolic OH excluding ortho intramolecular Hbond substituents is 1. The van der Waals surface area contributed by atoms with Gasteiger partial charge in [-0.2, -0.15) is 5.10 Å². The summed E-state index contributed by atoms with van der Waals surface area (Å²) < 4.78 is 10.3. The van der Waals surface area contributed by atoms with Crippen LogP contribution in [-0.2, 0) is 0 Å². The second-order valence-corrected chi connectivity index (χ2v) is 5.26. The Morgan fingerprint density at radius 1 is 1.08 bits per heavy atom. The number of aryl methyl sites for hydroxylation is 1. The fourth-order valence-electron chi connectivity index (χ4n) is 2.14. The Balaban J connectivity index is 2.22. The SMILES string of the molecule is COc1cc(OC)cc(C(=O)N/N=C(\C)c2cc(C)ccc2O)c1. The molecule has 24 heavy (non-hydrogen) atoms. The van der Waals surface area contributed by atoms with Crippen LogP contribution in [0, 0.1) is 6.92 Å². The van der Waals surface area contributed by atoms with E-state index in [1.807, 2.05) is 6.92 Å². The summed E-state index contributed by atoms with van der Waals surface area (Å²) in [4.78, 5) is 12.3. The number of nitrogens with zero attached hydrogens (tertiary/aromatic N) is 1. The second-order valence-electron chi connectivity index (χ2n) is 5.26. The zero-order chi connectivity index (χ0) is 17.7. The van der Waals surface area contributed by atoms with Crippen molar-refractivity contribution >= 4 is 11.6 Å². The lowest BCUT2D eigenvalue weighted by atomic mass is 10.1. The van der Waals surface area contributed by atoms with Crippen LogP contribution in [0.2, 0.25) is 0 Å². The minimum Gasteiger partial charge on any atom is -0.507 e. The van der Waals surface area contributed by atoms with Gasteiger partial charge in [0.2, 0.25) is 0 Å². The van der Waals surface area contributed by atoms with E-state index in [-0.39, 0.29) is 5.75 Å². The van der Waals surface area contributed by atoms with Crippen LogP contribution in [0.15, 0.2) is 41.5 Å². The number of hydrazone groups is 1. The fraction of sp³-hybridized carbons (Fsp3) is 0.222. The number of methoxy groups -OCH3 is 2. The van der Waals surface area contributed by atoms with Gasteiger partial charge in [-0.1, -0.05) is 11.6 Å². The highest BCUT2D eigenvalue weighted by molar-refractivity contribution is 6.02. The number of benzene rings is 2. The molecule has 0 fully saturated rings. The molecule has 2 aromatic carbocycles. The molecule has 126 valence electrons. The standard InChI is InChI=1S/C18H20N2O4/c1-11-5-6-17(21)16(7-11)12(2)19-20-18(22)13-8-14(23-3)10-15(9-13)24-4/h5-10,21H,1-4H3,(H,20,22)/b19-12+. The van der Waals surface area contributed by atoms with Gasteiger partial charge in [0.05, 0.1) is 19.9 Å². The summed E-state index contributed by atoms with van der Waals surface area (Å²) in [6.07, 6.45) is 0. The highest BCUT2D eigenvalue weighted by Crippen LogP contribution is 2.22. The zero-order valence-electron chi connectivity index (χ0n) is 14.1. The predicted molar refractivity (Wildman–Crippen MR) is 92.1 cm³/mol. The van der Waals surface area contributed by atoms with E-state index in [0.717, 1.165) is 5.56 Å². The molecular formula is C18H20N2O4. The Morgan fingerprint density at radius 3 is 2.29 bits per heavy atom. The van der Waals surface area contributed by atoms with Gasteiger partial charge in [-0.05, 0) is 38.1 Å². The molecule has 0 aromatic heterocycles. The van der Waals surface area contributed by atoms with Gasteiger partial charge in [0.25, 0.3) is 5.91 Å². The van der Waals surface area contributed by atoms with Crippen molar-refractivity contribution in [1.29, 1.82) is 0 Å².